The molecule has 0 N–H and O–H groups in total. The van der Waals surface area contributed by atoms with Crippen molar-refractivity contribution in [2.24, 2.45) is 0 Å². The fourth-order valence-corrected chi connectivity index (χ4v) is 2.95. The van der Waals surface area contributed by atoms with E-state index < -0.39 is 6.04 Å². The van der Waals surface area contributed by atoms with Gasteiger partial charge in [-0.2, -0.15) is 0 Å². The molecular weight excluding hydrogens is 318 g/mol. The second-order valence-electron chi connectivity index (χ2n) is 5.49. The normalized spacial score (nSPS) is 17.6. The summed E-state index contributed by atoms with van der Waals surface area (Å²) >= 11 is 6.16. The number of aromatic nitrogens is 1. The van der Waals surface area contributed by atoms with Gasteiger partial charge in [-0.1, -0.05) is 28.9 Å². The first-order chi connectivity index (χ1) is 11.0. The fraction of sp³-hybridized carbons (Fsp3) is 0.312. The first kappa shape index (κ1) is 15.6. The minimum atomic E-state index is -0.538. The molecule has 120 valence electrons. The van der Waals surface area contributed by atoms with Gasteiger partial charge in [0, 0.05) is 19.7 Å². The highest BCUT2D eigenvalue weighted by Gasteiger charge is 2.38. The molecule has 1 saturated heterocycles. The largest absolute Gasteiger partial charge is 0.351 e. The van der Waals surface area contributed by atoms with E-state index in [4.69, 9.17) is 16.1 Å². The van der Waals surface area contributed by atoms with Gasteiger partial charge < -0.3 is 14.3 Å². The van der Waals surface area contributed by atoms with Crippen LogP contribution in [0.1, 0.15) is 22.7 Å². The lowest BCUT2D eigenvalue weighted by Gasteiger charge is -2.23. The van der Waals surface area contributed by atoms with E-state index in [1.165, 1.54) is 4.90 Å². The van der Waals surface area contributed by atoms with Crippen LogP contribution < -0.4 is 4.90 Å². The molecular formula is C16H16ClN3O3. The minimum absolute atomic E-state index is 0.133. The topological polar surface area (TPSA) is 66.7 Å². The number of carbonyl (C=O) groups excluding carboxylic acids is 2. The van der Waals surface area contributed by atoms with Crippen LogP contribution >= 0.6 is 11.6 Å². The molecule has 1 aliphatic rings. The molecule has 1 fully saturated rings. The van der Waals surface area contributed by atoms with Gasteiger partial charge in [0.15, 0.2) is 0 Å². The summed E-state index contributed by atoms with van der Waals surface area (Å²) < 4.78 is 4.99. The van der Waals surface area contributed by atoms with Gasteiger partial charge in [0.2, 0.25) is 11.7 Å². The summed E-state index contributed by atoms with van der Waals surface area (Å²) in [6.45, 7) is 2.25. The van der Waals surface area contributed by atoms with Crippen molar-refractivity contribution in [3.63, 3.8) is 0 Å². The third-order valence-corrected chi connectivity index (χ3v) is 4.27. The Balaban J connectivity index is 1.79. The number of aryl methyl sites for hydroxylation is 1. The van der Waals surface area contributed by atoms with Gasteiger partial charge in [-0.25, -0.2) is 0 Å². The number of amides is 2. The van der Waals surface area contributed by atoms with Crippen LogP contribution in [-0.2, 0) is 4.79 Å². The standard InChI is InChI=1S/C16H16ClN3O3/c1-10-9-14(23-18-10)16(22)19(2)13-7-8-20(15(13)21)12-6-4-3-5-11(12)17/h3-6,9,13H,7-8H2,1-2H3. The average Bonchev–Trinajstić information content (AvgIpc) is 3.13. The van der Waals surface area contributed by atoms with Crippen molar-refractivity contribution in [1.29, 1.82) is 0 Å². The molecule has 2 amide bonds. The molecule has 0 saturated carbocycles. The zero-order valence-electron chi connectivity index (χ0n) is 12.8. The summed E-state index contributed by atoms with van der Waals surface area (Å²) in [7, 11) is 1.60. The number of carbonyl (C=O) groups is 2. The summed E-state index contributed by atoms with van der Waals surface area (Å²) in [5.41, 5.74) is 1.29. The van der Waals surface area contributed by atoms with E-state index in [1.54, 1.807) is 37.1 Å². The zero-order valence-corrected chi connectivity index (χ0v) is 13.6. The van der Waals surface area contributed by atoms with E-state index >= 15 is 0 Å². The maximum absolute atomic E-state index is 12.7. The number of nitrogens with zero attached hydrogens (tertiary/aromatic N) is 3. The van der Waals surface area contributed by atoms with Crippen LogP contribution in [0, 0.1) is 6.92 Å². The van der Waals surface area contributed by atoms with E-state index in [0.29, 0.717) is 29.4 Å². The molecule has 0 spiro atoms. The van der Waals surface area contributed by atoms with E-state index in [2.05, 4.69) is 5.16 Å². The molecule has 1 aliphatic heterocycles. The molecule has 0 bridgehead atoms. The molecule has 23 heavy (non-hydrogen) atoms. The third-order valence-electron chi connectivity index (χ3n) is 3.95. The highest BCUT2D eigenvalue weighted by Crippen LogP contribution is 2.30. The number of hydrogen-bond acceptors (Lipinski definition) is 4. The van der Waals surface area contributed by atoms with Crippen LogP contribution in [0.2, 0.25) is 5.02 Å². The van der Waals surface area contributed by atoms with Crippen molar-refractivity contribution in [2.75, 3.05) is 18.5 Å². The smallest absolute Gasteiger partial charge is 0.292 e. The number of halogens is 1. The predicted octanol–water partition coefficient (Wildman–Crippen LogP) is 2.51. The number of rotatable bonds is 3. The highest BCUT2D eigenvalue weighted by molar-refractivity contribution is 6.34. The quantitative estimate of drug-likeness (QED) is 0.865. The van der Waals surface area contributed by atoms with E-state index in [0.717, 1.165) is 0 Å². The Morgan fingerprint density at radius 3 is 2.83 bits per heavy atom. The SMILES string of the molecule is Cc1cc(C(=O)N(C)C2CCN(c3ccccc3Cl)C2=O)on1. The Morgan fingerprint density at radius 1 is 1.43 bits per heavy atom. The van der Waals surface area contributed by atoms with E-state index in [9.17, 15) is 9.59 Å². The van der Waals surface area contributed by atoms with E-state index in [1.807, 2.05) is 12.1 Å². The van der Waals surface area contributed by atoms with Gasteiger partial charge in [-0.15, -0.1) is 0 Å². The van der Waals surface area contributed by atoms with Gasteiger partial charge in [-0.3, -0.25) is 9.59 Å². The lowest BCUT2D eigenvalue weighted by Crippen LogP contribution is -2.42. The molecule has 1 unspecified atom stereocenters. The maximum Gasteiger partial charge on any atom is 0.292 e. The molecule has 7 heteroatoms. The van der Waals surface area contributed by atoms with Crippen LogP contribution in [0.4, 0.5) is 5.69 Å². The Hall–Kier alpha value is -2.34. The Kier molecular flexibility index (Phi) is 4.09. The van der Waals surface area contributed by atoms with Crippen molar-refractivity contribution in [1.82, 2.24) is 10.1 Å². The molecule has 0 radical (unpaired) electrons. The van der Waals surface area contributed by atoms with Crippen LogP contribution in [0.15, 0.2) is 34.9 Å². The number of para-hydroxylation sites is 1. The summed E-state index contributed by atoms with van der Waals surface area (Å²) in [6, 6.07) is 8.20. The third kappa shape index (κ3) is 2.82. The molecule has 3 rings (SSSR count). The summed E-state index contributed by atoms with van der Waals surface area (Å²) in [5.74, 6) is -0.371. The summed E-state index contributed by atoms with van der Waals surface area (Å²) in [6.07, 6.45) is 0.541. The van der Waals surface area contributed by atoms with Crippen LogP contribution in [0.5, 0.6) is 0 Å². The molecule has 0 aliphatic carbocycles. The van der Waals surface area contributed by atoms with Crippen LogP contribution in [-0.4, -0.2) is 41.5 Å². The number of likely N-dealkylation sites (N-methyl/N-ethyl adjacent to an activating group) is 1. The Bertz CT molecular complexity index is 759. The molecule has 2 heterocycles. The van der Waals surface area contributed by atoms with Gasteiger partial charge >= 0.3 is 0 Å². The van der Waals surface area contributed by atoms with E-state index in [-0.39, 0.29) is 17.6 Å². The first-order valence-corrected chi connectivity index (χ1v) is 7.63. The molecule has 1 aromatic heterocycles. The van der Waals surface area contributed by atoms with Crippen molar-refractivity contribution in [2.45, 2.75) is 19.4 Å². The van der Waals surface area contributed by atoms with Gasteiger partial charge in [0.25, 0.3) is 5.91 Å². The molecule has 6 nitrogen and oxygen atoms in total. The average molecular weight is 334 g/mol. The fourth-order valence-electron chi connectivity index (χ4n) is 2.71. The lowest BCUT2D eigenvalue weighted by atomic mass is 10.2. The Morgan fingerprint density at radius 2 is 2.17 bits per heavy atom. The van der Waals surface area contributed by atoms with Gasteiger partial charge in [0.1, 0.15) is 6.04 Å². The van der Waals surface area contributed by atoms with Crippen molar-refractivity contribution >= 4 is 29.1 Å². The minimum Gasteiger partial charge on any atom is -0.351 e. The second kappa shape index (κ2) is 6.04. The highest BCUT2D eigenvalue weighted by atomic mass is 35.5. The van der Waals surface area contributed by atoms with Crippen LogP contribution in [0.25, 0.3) is 0 Å². The second-order valence-corrected chi connectivity index (χ2v) is 5.90. The first-order valence-electron chi connectivity index (χ1n) is 7.25. The number of hydrogen-bond donors (Lipinski definition) is 0. The van der Waals surface area contributed by atoms with Gasteiger partial charge in [-0.05, 0) is 25.5 Å². The Labute approximate surface area is 138 Å². The lowest BCUT2D eigenvalue weighted by molar-refractivity contribution is -0.120. The molecule has 2 aromatic rings. The number of benzene rings is 1. The predicted molar refractivity (Wildman–Crippen MR) is 85.5 cm³/mol. The van der Waals surface area contributed by atoms with Crippen molar-refractivity contribution < 1.29 is 14.1 Å². The zero-order chi connectivity index (χ0) is 16.6. The molecule has 1 atom stereocenters. The van der Waals surface area contributed by atoms with Crippen molar-refractivity contribution in [3.05, 3.63) is 46.8 Å². The monoisotopic (exact) mass is 333 g/mol. The summed E-state index contributed by atoms with van der Waals surface area (Å²) in [4.78, 5) is 28.1. The van der Waals surface area contributed by atoms with Crippen molar-refractivity contribution in [3.8, 4) is 0 Å². The number of anilines is 1. The van der Waals surface area contributed by atoms with Crippen LogP contribution in [0.3, 0.4) is 0 Å². The summed E-state index contributed by atoms with van der Waals surface area (Å²) in [5, 5.41) is 4.22. The van der Waals surface area contributed by atoms with Gasteiger partial charge in [0.05, 0.1) is 16.4 Å². The maximum atomic E-state index is 12.7. The molecule has 1 aromatic carbocycles.